The maximum Gasteiger partial charge on any atom is 0.267 e. The van der Waals surface area contributed by atoms with Gasteiger partial charge in [-0.2, -0.15) is 0 Å². The fourth-order valence-electron chi connectivity index (χ4n) is 3.30. The second-order valence-electron chi connectivity index (χ2n) is 7.33. The monoisotopic (exact) mass is 501 g/mol. The number of carbonyl (C=O) groups excluding carboxylic acids is 1. The standard InChI is InChI=1S/C23H23N3O6S2/c1-3-22(34(31,32)26-14-13-17(16-26)9-12-23(27)24-28)20-11-10-19(18-7-5-4-6-8-18)15-21(20)25-33(2,29)30/h3-16,22,25,28H,1H2,2H3,(H,24,27)/b12-9+. The SMILES string of the molecule is C=CC(c1ccc(-c2ccccc2)cc1NS(C)(=O)=O)S(=O)(=O)n1ccc(/C=C/C(=O)NO)c1. The molecule has 1 amide bonds. The first kappa shape index (κ1) is 25.0. The van der Waals surface area contributed by atoms with E-state index in [4.69, 9.17) is 5.21 Å². The van der Waals surface area contributed by atoms with Crippen molar-refractivity contribution >= 4 is 37.7 Å². The smallest absolute Gasteiger partial charge is 0.267 e. The summed E-state index contributed by atoms with van der Waals surface area (Å²) in [6, 6.07) is 15.5. The van der Waals surface area contributed by atoms with E-state index in [-0.39, 0.29) is 11.3 Å². The Hall–Kier alpha value is -3.67. The van der Waals surface area contributed by atoms with E-state index in [2.05, 4.69) is 11.3 Å². The highest BCUT2D eigenvalue weighted by atomic mass is 32.2. The molecule has 1 atom stereocenters. The largest absolute Gasteiger partial charge is 0.288 e. The van der Waals surface area contributed by atoms with Crippen molar-refractivity contribution in [3.63, 3.8) is 0 Å². The van der Waals surface area contributed by atoms with Crippen LogP contribution >= 0.6 is 0 Å². The van der Waals surface area contributed by atoms with Crippen molar-refractivity contribution in [1.29, 1.82) is 0 Å². The number of nitrogens with one attached hydrogen (secondary N) is 2. The van der Waals surface area contributed by atoms with Gasteiger partial charge in [-0.1, -0.05) is 48.5 Å². The molecule has 11 heteroatoms. The van der Waals surface area contributed by atoms with Crippen LogP contribution in [0.25, 0.3) is 17.2 Å². The minimum absolute atomic E-state index is 0.115. The second kappa shape index (κ2) is 10.1. The van der Waals surface area contributed by atoms with E-state index >= 15 is 0 Å². The lowest BCUT2D eigenvalue weighted by atomic mass is 10.0. The topological polar surface area (TPSA) is 135 Å². The molecule has 0 aliphatic carbocycles. The van der Waals surface area contributed by atoms with Crippen molar-refractivity contribution in [2.45, 2.75) is 5.25 Å². The Morgan fingerprint density at radius 2 is 1.76 bits per heavy atom. The predicted molar refractivity (Wildman–Crippen MR) is 131 cm³/mol. The lowest BCUT2D eigenvalue weighted by molar-refractivity contribution is -0.124. The van der Waals surface area contributed by atoms with Crippen molar-refractivity contribution in [3.8, 4) is 11.1 Å². The van der Waals surface area contributed by atoms with Gasteiger partial charge in [-0.15, -0.1) is 6.58 Å². The highest BCUT2D eigenvalue weighted by Gasteiger charge is 2.29. The third-order valence-corrected chi connectivity index (χ3v) is 7.31. The molecule has 9 nitrogen and oxygen atoms in total. The van der Waals surface area contributed by atoms with Gasteiger partial charge in [0.25, 0.3) is 5.91 Å². The molecule has 0 aliphatic heterocycles. The summed E-state index contributed by atoms with van der Waals surface area (Å²) in [7, 11) is -7.82. The Labute approximate surface area is 198 Å². The van der Waals surface area contributed by atoms with Crippen LogP contribution in [0.2, 0.25) is 0 Å². The summed E-state index contributed by atoms with van der Waals surface area (Å²) in [5.74, 6) is -0.769. The van der Waals surface area contributed by atoms with Gasteiger partial charge in [0.15, 0.2) is 0 Å². The van der Waals surface area contributed by atoms with Crippen molar-refractivity contribution in [3.05, 3.63) is 96.8 Å². The summed E-state index contributed by atoms with van der Waals surface area (Å²) in [5.41, 5.74) is 3.68. The Kier molecular flexibility index (Phi) is 7.40. The van der Waals surface area contributed by atoms with Gasteiger partial charge in [0, 0.05) is 24.0 Å². The van der Waals surface area contributed by atoms with Crippen LogP contribution in [0.1, 0.15) is 16.4 Å². The van der Waals surface area contributed by atoms with Gasteiger partial charge in [-0.25, -0.2) is 22.3 Å². The first-order chi connectivity index (χ1) is 16.0. The molecule has 0 saturated heterocycles. The third kappa shape index (κ3) is 5.81. The van der Waals surface area contributed by atoms with E-state index in [0.717, 1.165) is 21.9 Å². The molecule has 178 valence electrons. The summed E-state index contributed by atoms with van der Waals surface area (Å²) < 4.78 is 54.3. The molecule has 2 aromatic carbocycles. The molecule has 0 radical (unpaired) electrons. The van der Waals surface area contributed by atoms with Crippen molar-refractivity contribution in [1.82, 2.24) is 9.45 Å². The van der Waals surface area contributed by atoms with Gasteiger partial charge >= 0.3 is 0 Å². The van der Waals surface area contributed by atoms with Gasteiger partial charge in [-0.3, -0.25) is 18.7 Å². The Morgan fingerprint density at radius 1 is 1.06 bits per heavy atom. The molecule has 3 N–H and O–H groups in total. The van der Waals surface area contributed by atoms with E-state index < -0.39 is 31.2 Å². The first-order valence-corrected chi connectivity index (χ1v) is 13.3. The fourth-order valence-corrected chi connectivity index (χ4v) is 5.41. The number of sulfonamides is 1. The van der Waals surface area contributed by atoms with E-state index in [9.17, 15) is 21.6 Å². The number of carbonyl (C=O) groups is 1. The zero-order chi connectivity index (χ0) is 24.9. The van der Waals surface area contributed by atoms with Crippen LogP contribution in [0.5, 0.6) is 0 Å². The molecular weight excluding hydrogens is 478 g/mol. The van der Waals surface area contributed by atoms with E-state index in [1.165, 1.54) is 36.1 Å². The third-order valence-electron chi connectivity index (χ3n) is 4.82. The fraction of sp³-hybridized carbons (Fsp3) is 0.0870. The first-order valence-electron chi connectivity index (χ1n) is 9.89. The average Bonchev–Trinajstić information content (AvgIpc) is 3.28. The number of anilines is 1. The lowest BCUT2D eigenvalue weighted by Crippen LogP contribution is -2.21. The van der Waals surface area contributed by atoms with Crippen molar-refractivity contribution in [2.75, 3.05) is 11.0 Å². The number of amides is 1. The highest BCUT2D eigenvalue weighted by molar-refractivity contribution is 7.92. The Balaban J connectivity index is 2.07. The highest BCUT2D eigenvalue weighted by Crippen LogP contribution is 2.35. The van der Waals surface area contributed by atoms with Gasteiger partial charge < -0.3 is 0 Å². The summed E-state index contributed by atoms with van der Waals surface area (Å²) in [6.07, 6.45) is 7.14. The molecule has 0 fully saturated rings. The minimum Gasteiger partial charge on any atom is -0.288 e. The van der Waals surface area contributed by atoms with E-state index in [1.807, 2.05) is 30.3 Å². The summed E-state index contributed by atoms with van der Waals surface area (Å²) in [4.78, 5) is 11.2. The molecule has 0 bridgehead atoms. The number of benzene rings is 2. The Morgan fingerprint density at radius 3 is 2.38 bits per heavy atom. The van der Waals surface area contributed by atoms with Crippen molar-refractivity contribution in [2.24, 2.45) is 0 Å². The molecule has 34 heavy (non-hydrogen) atoms. The molecule has 0 aliphatic rings. The predicted octanol–water partition coefficient (Wildman–Crippen LogP) is 3.15. The number of aromatic nitrogens is 1. The molecule has 1 unspecified atom stereocenters. The lowest BCUT2D eigenvalue weighted by Gasteiger charge is -2.20. The van der Waals surface area contributed by atoms with Crippen LogP contribution in [-0.2, 0) is 24.8 Å². The quantitative estimate of drug-likeness (QED) is 0.178. The number of nitrogens with zero attached hydrogens (tertiary/aromatic N) is 1. The number of hydroxylamine groups is 1. The van der Waals surface area contributed by atoms with Crippen LogP contribution in [0.15, 0.2) is 85.7 Å². The summed E-state index contributed by atoms with van der Waals surface area (Å²) in [5, 5.41) is 7.28. The van der Waals surface area contributed by atoms with Crippen LogP contribution in [-0.4, -0.2) is 38.2 Å². The number of hydrogen-bond acceptors (Lipinski definition) is 6. The van der Waals surface area contributed by atoms with Crippen LogP contribution in [0, 0.1) is 0 Å². The number of hydrogen-bond donors (Lipinski definition) is 3. The molecule has 1 heterocycles. The summed E-state index contributed by atoms with van der Waals surface area (Å²) >= 11 is 0. The maximum absolute atomic E-state index is 13.4. The van der Waals surface area contributed by atoms with Crippen LogP contribution in [0.3, 0.4) is 0 Å². The normalized spacial score (nSPS) is 12.9. The van der Waals surface area contributed by atoms with E-state index in [1.54, 1.807) is 18.2 Å². The maximum atomic E-state index is 13.4. The second-order valence-corrected chi connectivity index (χ2v) is 11.0. The summed E-state index contributed by atoms with van der Waals surface area (Å²) in [6.45, 7) is 3.66. The van der Waals surface area contributed by atoms with Gasteiger partial charge in [0.05, 0.1) is 11.9 Å². The minimum atomic E-state index is -4.10. The molecule has 0 spiro atoms. The molecule has 3 rings (SSSR count). The zero-order valence-corrected chi connectivity index (χ0v) is 19.8. The van der Waals surface area contributed by atoms with Gasteiger partial charge in [-0.05, 0) is 34.9 Å². The van der Waals surface area contributed by atoms with Crippen LogP contribution < -0.4 is 10.2 Å². The number of rotatable bonds is 9. The van der Waals surface area contributed by atoms with Crippen LogP contribution in [0.4, 0.5) is 5.69 Å². The molecule has 1 aromatic heterocycles. The van der Waals surface area contributed by atoms with Gasteiger partial charge in [0.2, 0.25) is 20.0 Å². The molecule has 3 aromatic rings. The molecular formula is C23H23N3O6S2. The molecule has 0 saturated carbocycles. The average molecular weight is 502 g/mol. The van der Waals surface area contributed by atoms with Crippen molar-refractivity contribution < 1.29 is 26.8 Å². The van der Waals surface area contributed by atoms with E-state index in [0.29, 0.717) is 11.1 Å². The van der Waals surface area contributed by atoms with Gasteiger partial charge in [0.1, 0.15) is 5.25 Å². The Bertz CT molecular complexity index is 1440. The zero-order valence-electron chi connectivity index (χ0n) is 18.1.